The second-order valence-corrected chi connectivity index (χ2v) is 7.25. The van der Waals surface area contributed by atoms with E-state index in [0.29, 0.717) is 16.6 Å². The van der Waals surface area contributed by atoms with Gasteiger partial charge >= 0.3 is 11.7 Å². The predicted molar refractivity (Wildman–Crippen MR) is 117 cm³/mol. The Morgan fingerprint density at radius 2 is 1.84 bits per heavy atom. The van der Waals surface area contributed by atoms with Crippen LogP contribution in [-0.4, -0.2) is 29.1 Å². The molecule has 31 heavy (non-hydrogen) atoms. The van der Waals surface area contributed by atoms with Crippen LogP contribution in [0.5, 0.6) is 0 Å². The van der Waals surface area contributed by atoms with Crippen molar-refractivity contribution in [1.82, 2.24) is 10.3 Å². The largest absolute Gasteiger partial charge is 0.445 e. The molecule has 0 saturated heterocycles. The summed E-state index contributed by atoms with van der Waals surface area (Å²) >= 11 is 0. The predicted octanol–water partition coefficient (Wildman–Crippen LogP) is 3.26. The summed E-state index contributed by atoms with van der Waals surface area (Å²) < 4.78 is 10.3. The fourth-order valence-corrected chi connectivity index (χ4v) is 2.72. The maximum Gasteiger partial charge on any atom is 0.408 e. The summed E-state index contributed by atoms with van der Waals surface area (Å²) in [5.41, 5.74) is 1.12. The van der Waals surface area contributed by atoms with E-state index >= 15 is 0 Å². The van der Waals surface area contributed by atoms with Crippen molar-refractivity contribution >= 4 is 34.6 Å². The van der Waals surface area contributed by atoms with Gasteiger partial charge in [-0.2, -0.15) is 4.98 Å². The third kappa shape index (κ3) is 6.05. The maximum atomic E-state index is 12.4. The molecule has 1 heterocycles. The quantitative estimate of drug-likeness (QED) is 0.532. The highest BCUT2D eigenvalue weighted by molar-refractivity contribution is 5.97. The summed E-state index contributed by atoms with van der Waals surface area (Å²) in [6, 6.07) is 13.2. The maximum absolute atomic E-state index is 12.4. The summed E-state index contributed by atoms with van der Waals surface area (Å²) in [6.07, 6.45) is -0.700. The lowest BCUT2D eigenvalue weighted by molar-refractivity contribution is -0.117. The molecular formula is C22H24N4O5. The minimum absolute atomic E-state index is 0.0320. The fourth-order valence-electron chi connectivity index (χ4n) is 2.72. The zero-order chi connectivity index (χ0) is 22.4. The average molecular weight is 424 g/mol. The van der Waals surface area contributed by atoms with E-state index in [-0.39, 0.29) is 18.7 Å². The number of alkyl carbamates (subject to hydrolysis) is 1. The minimum atomic E-state index is -0.842. The topological polar surface area (TPSA) is 123 Å². The minimum Gasteiger partial charge on any atom is -0.445 e. The molecule has 0 radical (unpaired) electrons. The van der Waals surface area contributed by atoms with Gasteiger partial charge in [-0.3, -0.25) is 4.79 Å². The summed E-state index contributed by atoms with van der Waals surface area (Å²) in [4.78, 5) is 40.8. The summed E-state index contributed by atoms with van der Waals surface area (Å²) in [5.74, 6) is -0.445. The van der Waals surface area contributed by atoms with Crippen LogP contribution in [0.3, 0.4) is 0 Å². The van der Waals surface area contributed by atoms with E-state index in [1.54, 1.807) is 12.1 Å². The Kier molecular flexibility index (Phi) is 6.86. The number of nitrogens with one attached hydrogen (secondary N) is 3. The van der Waals surface area contributed by atoms with Crippen LogP contribution in [0.15, 0.2) is 57.7 Å². The highest BCUT2D eigenvalue weighted by Gasteiger charge is 2.17. The SMILES string of the molecule is CC(C)Nc1nc2cc(NC(=O)[C@H](C)NC(=O)OCc3ccccc3)ccc2c(=O)o1. The first kappa shape index (κ1) is 21.8. The molecule has 0 aliphatic rings. The molecule has 1 aromatic heterocycles. The van der Waals surface area contributed by atoms with Crippen molar-refractivity contribution in [2.45, 2.75) is 39.5 Å². The van der Waals surface area contributed by atoms with Gasteiger partial charge in [0.25, 0.3) is 6.01 Å². The Morgan fingerprint density at radius 3 is 2.55 bits per heavy atom. The summed E-state index contributed by atoms with van der Waals surface area (Å²) in [5, 5.41) is 8.40. The van der Waals surface area contributed by atoms with E-state index in [1.165, 1.54) is 13.0 Å². The van der Waals surface area contributed by atoms with Crippen molar-refractivity contribution in [3.63, 3.8) is 0 Å². The van der Waals surface area contributed by atoms with Crippen LogP contribution in [0.4, 0.5) is 16.5 Å². The van der Waals surface area contributed by atoms with Crippen LogP contribution in [0.2, 0.25) is 0 Å². The van der Waals surface area contributed by atoms with Crippen LogP contribution in [0.1, 0.15) is 26.3 Å². The summed E-state index contributed by atoms with van der Waals surface area (Å²) in [6.45, 7) is 5.42. The number of benzene rings is 2. The van der Waals surface area contributed by atoms with Gasteiger partial charge in [0.2, 0.25) is 5.91 Å². The lowest BCUT2D eigenvalue weighted by atomic mass is 10.2. The smallest absolute Gasteiger partial charge is 0.408 e. The van der Waals surface area contributed by atoms with Crippen LogP contribution in [0, 0.1) is 0 Å². The molecule has 0 aliphatic carbocycles. The van der Waals surface area contributed by atoms with Crippen molar-refractivity contribution in [1.29, 1.82) is 0 Å². The molecule has 0 unspecified atom stereocenters. The van der Waals surface area contributed by atoms with Gasteiger partial charge in [-0.25, -0.2) is 9.59 Å². The molecule has 2 amide bonds. The van der Waals surface area contributed by atoms with E-state index in [2.05, 4.69) is 20.9 Å². The fraction of sp³-hybridized carbons (Fsp3) is 0.273. The second-order valence-electron chi connectivity index (χ2n) is 7.25. The number of amides is 2. The van der Waals surface area contributed by atoms with Gasteiger partial charge in [0.05, 0.1) is 10.9 Å². The molecule has 9 heteroatoms. The molecule has 0 bridgehead atoms. The number of hydrogen-bond acceptors (Lipinski definition) is 7. The molecule has 162 valence electrons. The van der Waals surface area contributed by atoms with Gasteiger partial charge in [0.15, 0.2) is 0 Å². The van der Waals surface area contributed by atoms with Crippen molar-refractivity contribution in [2.75, 3.05) is 10.6 Å². The monoisotopic (exact) mass is 424 g/mol. The zero-order valence-electron chi connectivity index (χ0n) is 17.5. The number of fused-ring (bicyclic) bond motifs is 1. The molecule has 9 nitrogen and oxygen atoms in total. The molecule has 2 aromatic carbocycles. The van der Waals surface area contributed by atoms with Gasteiger partial charge < -0.3 is 25.1 Å². The zero-order valence-corrected chi connectivity index (χ0v) is 17.5. The van der Waals surface area contributed by atoms with E-state index in [4.69, 9.17) is 9.15 Å². The normalized spacial score (nSPS) is 11.7. The van der Waals surface area contributed by atoms with Crippen molar-refractivity contribution in [3.05, 3.63) is 64.5 Å². The first-order chi connectivity index (χ1) is 14.8. The van der Waals surface area contributed by atoms with Crippen LogP contribution in [-0.2, 0) is 16.1 Å². The van der Waals surface area contributed by atoms with Crippen LogP contribution < -0.4 is 21.6 Å². The van der Waals surface area contributed by atoms with E-state index in [1.807, 2.05) is 44.2 Å². The number of aromatic nitrogens is 1. The van der Waals surface area contributed by atoms with Crippen LogP contribution in [0.25, 0.3) is 10.9 Å². The van der Waals surface area contributed by atoms with Gasteiger partial charge in [-0.1, -0.05) is 30.3 Å². The van der Waals surface area contributed by atoms with Crippen molar-refractivity contribution in [3.8, 4) is 0 Å². The highest BCUT2D eigenvalue weighted by Crippen LogP contribution is 2.17. The standard InChI is InChI=1S/C22H24N4O5/c1-13(2)23-21-26-18-11-16(9-10-17(18)20(28)31-21)25-19(27)14(3)24-22(29)30-12-15-7-5-4-6-8-15/h4-11,13-14H,12H2,1-3H3,(H,23,26)(H,24,29)(H,25,27)/t14-/m0/s1. The van der Waals surface area contributed by atoms with Gasteiger partial charge in [0.1, 0.15) is 12.6 Å². The Morgan fingerprint density at radius 1 is 1.10 bits per heavy atom. The number of carbonyl (C=O) groups is 2. The molecular weight excluding hydrogens is 400 g/mol. The lowest BCUT2D eigenvalue weighted by Gasteiger charge is -2.14. The van der Waals surface area contributed by atoms with Gasteiger partial charge in [-0.05, 0) is 44.5 Å². The highest BCUT2D eigenvalue weighted by atomic mass is 16.5. The molecule has 0 fully saturated rings. The molecule has 3 N–H and O–H groups in total. The number of ether oxygens (including phenoxy) is 1. The van der Waals surface area contributed by atoms with E-state index < -0.39 is 23.7 Å². The van der Waals surface area contributed by atoms with Crippen molar-refractivity contribution in [2.24, 2.45) is 0 Å². The number of anilines is 2. The molecule has 0 saturated carbocycles. The Hall–Kier alpha value is -3.88. The number of rotatable bonds is 7. The molecule has 0 spiro atoms. The number of nitrogens with zero attached hydrogens (tertiary/aromatic N) is 1. The van der Waals surface area contributed by atoms with Gasteiger partial charge in [0, 0.05) is 11.7 Å². The average Bonchev–Trinajstić information content (AvgIpc) is 2.72. The van der Waals surface area contributed by atoms with E-state index in [0.717, 1.165) is 5.56 Å². The Bertz CT molecular complexity index is 1130. The summed E-state index contributed by atoms with van der Waals surface area (Å²) in [7, 11) is 0. The molecule has 3 aromatic rings. The van der Waals surface area contributed by atoms with Crippen LogP contribution >= 0.6 is 0 Å². The Balaban J connectivity index is 1.62. The third-order valence-electron chi connectivity index (χ3n) is 4.25. The van der Waals surface area contributed by atoms with Gasteiger partial charge in [-0.15, -0.1) is 0 Å². The first-order valence-corrected chi connectivity index (χ1v) is 9.81. The third-order valence-corrected chi connectivity index (χ3v) is 4.25. The number of hydrogen-bond donors (Lipinski definition) is 3. The van der Waals surface area contributed by atoms with Crippen molar-refractivity contribution < 1.29 is 18.7 Å². The molecule has 3 rings (SSSR count). The first-order valence-electron chi connectivity index (χ1n) is 9.81. The second kappa shape index (κ2) is 9.75. The number of carbonyl (C=O) groups excluding carboxylic acids is 2. The Labute approximate surface area is 178 Å². The molecule has 0 aliphatic heterocycles. The lowest BCUT2D eigenvalue weighted by Crippen LogP contribution is -2.41. The van der Waals surface area contributed by atoms with E-state index in [9.17, 15) is 14.4 Å². The molecule has 1 atom stereocenters.